The predicted molar refractivity (Wildman–Crippen MR) is 105 cm³/mol. The van der Waals surface area contributed by atoms with Gasteiger partial charge in [0.15, 0.2) is 6.54 Å². The lowest BCUT2D eigenvalue weighted by Crippen LogP contribution is -3.08. The zero-order chi connectivity index (χ0) is 19.3. The Morgan fingerprint density at radius 1 is 1.04 bits per heavy atom. The number of quaternary nitrogens is 1. The molecule has 138 valence electrons. The molecule has 0 saturated heterocycles. The quantitative estimate of drug-likeness (QED) is 0.679. The molecule has 0 aliphatic heterocycles. The highest BCUT2D eigenvalue weighted by molar-refractivity contribution is 6.42. The van der Waals surface area contributed by atoms with E-state index in [0.29, 0.717) is 32.9 Å². The summed E-state index contributed by atoms with van der Waals surface area (Å²) in [6, 6.07) is 10.3. The highest BCUT2D eigenvalue weighted by atomic mass is 35.5. The Labute approximate surface area is 167 Å². The average molecular weight is 416 g/mol. The van der Waals surface area contributed by atoms with Gasteiger partial charge in [-0.3, -0.25) is 9.59 Å². The third-order valence-corrected chi connectivity index (χ3v) is 4.50. The van der Waals surface area contributed by atoms with E-state index in [9.17, 15) is 9.59 Å². The summed E-state index contributed by atoms with van der Waals surface area (Å²) in [6.07, 6.45) is 0. The van der Waals surface area contributed by atoms with Crippen molar-refractivity contribution in [1.82, 2.24) is 5.32 Å². The second-order valence-electron chi connectivity index (χ2n) is 5.88. The lowest BCUT2D eigenvalue weighted by Gasteiger charge is -2.15. The smallest absolute Gasteiger partial charge is 0.279 e. The molecule has 0 bridgehead atoms. The number of rotatable bonds is 6. The van der Waals surface area contributed by atoms with Gasteiger partial charge in [0.25, 0.3) is 11.8 Å². The third-order valence-electron chi connectivity index (χ3n) is 3.68. The fourth-order valence-electron chi connectivity index (χ4n) is 2.45. The summed E-state index contributed by atoms with van der Waals surface area (Å²) in [4.78, 5) is 24.8. The average Bonchev–Trinajstić information content (AvgIpc) is 2.58. The molecule has 0 aromatic heterocycles. The van der Waals surface area contributed by atoms with Gasteiger partial charge in [0.1, 0.15) is 6.54 Å². The Morgan fingerprint density at radius 2 is 1.62 bits per heavy atom. The summed E-state index contributed by atoms with van der Waals surface area (Å²) in [5, 5.41) is 6.28. The topological polar surface area (TPSA) is 62.6 Å². The van der Waals surface area contributed by atoms with Crippen molar-refractivity contribution in [2.75, 3.05) is 26.0 Å². The lowest BCUT2D eigenvalue weighted by molar-refractivity contribution is -0.885. The number of halogens is 3. The maximum Gasteiger partial charge on any atom is 0.279 e. The fourth-order valence-corrected chi connectivity index (χ4v) is 3.36. The van der Waals surface area contributed by atoms with E-state index in [4.69, 9.17) is 34.8 Å². The second-order valence-corrected chi connectivity index (χ2v) is 7.13. The summed E-state index contributed by atoms with van der Waals surface area (Å²) in [7, 11) is 3.49. The van der Waals surface area contributed by atoms with Gasteiger partial charge >= 0.3 is 0 Å². The number of hydrogen-bond acceptors (Lipinski definition) is 2. The van der Waals surface area contributed by atoms with Crippen LogP contribution in [-0.2, 0) is 11.3 Å². The van der Waals surface area contributed by atoms with Crippen LogP contribution >= 0.6 is 34.8 Å². The SMILES string of the molecule is CNC(=O)c1ccc(C[NH+](C)CC(=O)Nc2c(Cl)cc(Cl)cc2Cl)cc1. The maximum absolute atomic E-state index is 12.2. The molecule has 0 saturated carbocycles. The number of nitrogens with one attached hydrogen (secondary N) is 3. The lowest BCUT2D eigenvalue weighted by atomic mass is 10.1. The first-order valence-corrected chi connectivity index (χ1v) is 9.00. The minimum Gasteiger partial charge on any atom is -0.355 e. The van der Waals surface area contributed by atoms with Gasteiger partial charge in [0.05, 0.1) is 22.8 Å². The zero-order valence-corrected chi connectivity index (χ0v) is 16.6. The number of hydrogen-bond donors (Lipinski definition) is 3. The van der Waals surface area contributed by atoms with E-state index in [0.717, 1.165) is 10.5 Å². The molecular weight excluding hydrogens is 397 g/mol. The first kappa shape index (κ1) is 20.5. The van der Waals surface area contributed by atoms with E-state index in [-0.39, 0.29) is 18.4 Å². The van der Waals surface area contributed by atoms with Crippen molar-refractivity contribution < 1.29 is 14.5 Å². The van der Waals surface area contributed by atoms with Crippen LogP contribution in [0, 0.1) is 0 Å². The minimum absolute atomic E-state index is 0.131. The maximum atomic E-state index is 12.2. The van der Waals surface area contributed by atoms with Crippen molar-refractivity contribution in [2.24, 2.45) is 0 Å². The van der Waals surface area contributed by atoms with E-state index >= 15 is 0 Å². The van der Waals surface area contributed by atoms with Crippen molar-refractivity contribution in [3.63, 3.8) is 0 Å². The van der Waals surface area contributed by atoms with Crippen molar-refractivity contribution in [1.29, 1.82) is 0 Å². The molecule has 3 N–H and O–H groups in total. The molecule has 0 heterocycles. The molecule has 1 atom stereocenters. The Balaban J connectivity index is 1.94. The van der Waals surface area contributed by atoms with Crippen LogP contribution in [0.3, 0.4) is 0 Å². The van der Waals surface area contributed by atoms with Crippen LogP contribution in [0.15, 0.2) is 36.4 Å². The second kappa shape index (κ2) is 9.24. The van der Waals surface area contributed by atoms with E-state index in [2.05, 4.69) is 10.6 Å². The van der Waals surface area contributed by atoms with E-state index in [1.807, 2.05) is 19.2 Å². The number of carbonyl (C=O) groups is 2. The van der Waals surface area contributed by atoms with Crippen LogP contribution in [0.25, 0.3) is 0 Å². The molecule has 2 amide bonds. The molecule has 2 aromatic carbocycles. The van der Waals surface area contributed by atoms with Gasteiger partial charge in [0, 0.05) is 23.2 Å². The van der Waals surface area contributed by atoms with Gasteiger partial charge in [-0.25, -0.2) is 0 Å². The highest BCUT2D eigenvalue weighted by Gasteiger charge is 2.15. The molecule has 0 aliphatic carbocycles. The molecular formula is C18H19Cl3N3O2+. The van der Waals surface area contributed by atoms with Crippen LogP contribution in [-0.4, -0.2) is 32.5 Å². The number of anilines is 1. The molecule has 2 rings (SSSR count). The van der Waals surface area contributed by atoms with Gasteiger partial charge in [-0.05, 0) is 24.3 Å². The normalized spacial score (nSPS) is 11.7. The minimum atomic E-state index is -0.212. The molecule has 0 radical (unpaired) electrons. The van der Waals surface area contributed by atoms with Gasteiger partial charge in [-0.15, -0.1) is 0 Å². The first-order valence-electron chi connectivity index (χ1n) is 7.87. The van der Waals surface area contributed by atoms with Gasteiger partial charge < -0.3 is 15.5 Å². The van der Waals surface area contributed by atoms with Crippen LogP contribution in [0.5, 0.6) is 0 Å². The Bertz CT molecular complexity index is 787. The zero-order valence-electron chi connectivity index (χ0n) is 14.3. The predicted octanol–water partition coefficient (Wildman–Crippen LogP) is 2.66. The Kier molecular flexibility index (Phi) is 7.29. The van der Waals surface area contributed by atoms with Crippen molar-refractivity contribution in [2.45, 2.75) is 6.54 Å². The summed E-state index contributed by atoms with van der Waals surface area (Å²) >= 11 is 18.0. The molecule has 1 unspecified atom stereocenters. The molecule has 0 fully saturated rings. The van der Waals surface area contributed by atoms with E-state index in [1.165, 1.54) is 12.1 Å². The monoisotopic (exact) mass is 414 g/mol. The van der Waals surface area contributed by atoms with Crippen LogP contribution < -0.4 is 15.5 Å². The number of likely N-dealkylation sites (N-methyl/N-ethyl adjacent to an activating group) is 1. The van der Waals surface area contributed by atoms with Crippen LogP contribution in [0.1, 0.15) is 15.9 Å². The summed E-state index contributed by atoms with van der Waals surface area (Å²) in [5.41, 5.74) is 1.97. The van der Waals surface area contributed by atoms with Crippen molar-refractivity contribution >= 4 is 52.3 Å². The summed E-state index contributed by atoms with van der Waals surface area (Å²) in [5.74, 6) is -0.344. The third kappa shape index (κ3) is 5.61. The van der Waals surface area contributed by atoms with Gasteiger partial charge in [-0.1, -0.05) is 46.9 Å². The molecule has 0 aliphatic rings. The number of amides is 2. The number of carbonyl (C=O) groups excluding carboxylic acids is 2. The highest BCUT2D eigenvalue weighted by Crippen LogP contribution is 2.33. The standard InChI is InChI=1S/C18H18Cl3N3O2/c1-22-18(26)12-5-3-11(4-6-12)9-24(2)10-16(25)23-17-14(20)7-13(19)8-15(17)21/h3-8H,9-10H2,1-2H3,(H,22,26)(H,23,25)/p+1. The molecule has 8 heteroatoms. The number of benzene rings is 2. The molecule has 5 nitrogen and oxygen atoms in total. The van der Waals surface area contributed by atoms with E-state index < -0.39 is 0 Å². The van der Waals surface area contributed by atoms with Crippen molar-refractivity contribution in [3.8, 4) is 0 Å². The summed E-state index contributed by atoms with van der Waals surface area (Å²) < 4.78 is 0. The first-order chi connectivity index (χ1) is 12.3. The fraction of sp³-hybridized carbons (Fsp3) is 0.222. The Morgan fingerprint density at radius 3 is 2.15 bits per heavy atom. The van der Waals surface area contributed by atoms with Crippen LogP contribution in [0.4, 0.5) is 5.69 Å². The molecule has 2 aromatic rings. The van der Waals surface area contributed by atoms with Gasteiger partial charge in [0.2, 0.25) is 0 Å². The summed E-state index contributed by atoms with van der Waals surface area (Å²) in [6.45, 7) is 0.857. The largest absolute Gasteiger partial charge is 0.355 e. The molecule has 0 spiro atoms. The van der Waals surface area contributed by atoms with E-state index in [1.54, 1.807) is 19.2 Å². The van der Waals surface area contributed by atoms with Crippen molar-refractivity contribution in [3.05, 3.63) is 62.6 Å². The van der Waals surface area contributed by atoms with Gasteiger partial charge in [-0.2, -0.15) is 0 Å². The molecule has 26 heavy (non-hydrogen) atoms. The Hall–Kier alpha value is -1.79. The van der Waals surface area contributed by atoms with Crippen LogP contribution in [0.2, 0.25) is 15.1 Å².